The molecule has 0 radical (unpaired) electrons. The average Bonchev–Trinajstić information content (AvgIpc) is 3.20. The topological polar surface area (TPSA) is 64.0 Å². The van der Waals surface area contributed by atoms with E-state index in [0.29, 0.717) is 18.5 Å². The van der Waals surface area contributed by atoms with Gasteiger partial charge in [-0.1, -0.05) is 25.1 Å². The summed E-state index contributed by atoms with van der Waals surface area (Å²) >= 11 is 0. The minimum Gasteiger partial charge on any atom is -0.348 e. The Labute approximate surface area is 175 Å². The van der Waals surface area contributed by atoms with Crippen LogP contribution in [-0.2, 0) is 6.54 Å². The molecule has 0 aliphatic carbocycles. The summed E-state index contributed by atoms with van der Waals surface area (Å²) in [6.45, 7) is 4.31. The summed E-state index contributed by atoms with van der Waals surface area (Å²) in [5, 5.41) is 3.95. The number of benzene rings is 2. The first-order valence-corrected chi connectivity index (χ1v) is 9.99. The molecule has 0 fully saturated rings. The van der Waals surface area contributed by atoms with Gasteiger partial charge in [0.1, 0.15) is 0 Å². The lowest BCUT2D eigenvalue weighted by Gasteiger charge is -2.10. The van der Waals surface area contributed by atoms with Gasteiger partial charge in [-0.25, -0.2) is 0 Å². The van der Waals surface area contributed by atoms with E-state index in [-0.39, 0.29) is 11.8 Å². The van der Waals surface area contributed by atoms with E-state index < -0.39 is 0 Å². The molecule has 0 saturated carbocycles. The molecular formula is C25H23N3O2. The Morgan fingerprint density at radius 1 is 1.07 bits per heavy atom. The third-order valence-corrected chi connectivity index (χ3v) is 5.24. The Kier molecular flexibility index (Phi) is 5.44. The van der Waals surface area contributed by atoms with Gasteiger partial charge in [0.2, 0.25) is 5.91 Å². The Hall–Kier alpha value is -3.73. The standard InChI is InChI=1S/C25H23N3O2/c1-3-24(29)28-12-10-20-14-19(7-9-23(20)28)22-8-6-21(13-17(22)2)25(30)27-16-18-5-4-11-26-15-18/h4-15H,3,16H2,1-2H3,(H,27,30). The van der Waals surface area contributed by atoms with Gasteiger partial charge in [-0.3, -0.25) is 19.1 Å². The second-order valence-electron chi connectivity index (χ2n) is 7.28. The summed E-state index contributed by atoms with van der Waals surface area (Å²) in [5.74, 6) is -0.0327. The highest BCUT2D eigenvalue weighted by atomic mass is 16.2. The van der Waals surface area contributed by atoms with E-state index in [1.165, 1.54) is 0 Å². The number of nitrogens with zero attached hydrogens (tertiary/aromatic N) is 2. The lowest BCUT2D eigenvalue weighted by molar-refractivity contribution is 0.0912. The molecule has 0 atom stereocenters. The molecule has 0 spiro atoms. The lowest BCUT2D eigenvalue weighted by Crippen LogP contribution is -2.22. The highest BCUT2D eigenvalue weighted by Crippen LogP contribution is 2.28. The minimum absolute atomic E-state index is 0.0792. The maximum atomic E-state index is 12.5. The molecule has 4 aromatic rings. The van der Waals surface area contributed by atoms with Crippen molar-refractivity contribution in [2.75, 3.05) is 0 Å². The molecular weight excluding hydrogens is 374 g/mol. The highest BCUT2D eigenvalue weighted by molar-refractivity contribution is 5.96. The first kappa shape index (κ1) is 19.6. The molecule has 1 amide bonds. The molecule has 5 heteroatoms. The molecule has 1 N–H and O–H groups in total. The summed E-state index contributed by atoms with van der Waals surface area (Å²) in [6.07, 6.45) is 5.74. The fraction of sp³-hybridized carbons (Fsp3) is 0.160. The molecule has 5 nitrogen and oxygen atoms in total. The molecule has 2 heterocycles. The Bertz CT molecular complexity index is 1230. The van der Waals surface area contributed by atoms with E-state index in [2.05, 4.69) is 16.4 Å². The summed E-state index contributed by atoms with van der Waals surface area (Å²) < 4.78 is 1.70. The average molecular weight is 397 g/mol. The summed E-state index contributed by atoms with van der Waals surface area (Å²) in [7, 11) is 0. The summed E-state index contributed by atoms with van der Waals surface area (Å²) in [4.78, 5) is 28.6. The molecule has 0 bridgehead atoms. The monoisotopic (exact) mass is 397 g/mol. The third kappa shape index (κ3) is 3.87. The van der Waals surface area contributed by atoms with E-state index in [1.54, 1.807) is 17.0 Å². The molecule has 0 aliphatic rings. The Balaban J connectivity index is 1.55. The van der Waals surface area contributed by atoms with Crippen LogP contribution in [0, 0.1) is 6.92 Å². The molecule has 2 aromatic heterocycles. The zero-order valence-corrected chi connectivity index (χ0v) is 17.1. The predicted molar refractivity (Wildman–Crippen MR) is 118 cm³/mol. The first-order chi connectivity index (χ1) is 14.6. The predicted octanol–water partition coefficient (Wildman–Crippen LogP) is 4.99. The zero-order valence-electron chi connectivity index (χ0n) is 17.1. The number of rotatable bonds is 5. The number of hydrogen-bond acceptors (Lipinski definition) is 3. The van der Waals surface area contributed by atoms with Gasteiger partial charge in [0.05, 0.1) is 5.52 Å². The number of pyridine rings is 1. The second kappa shape index (κ2) is 8.33. The SMILES string of the molecule is CCC(=O)n1ccc2cc(-c3ccc(C(=O)NCc4cccnc4)cc3C)ccc21. The van der Waals surface area contributed by atoms with Crippen LogP contribution in [0.25, 0.3) is 22.0 Å². The van der Waals surface area contributed by atoms with Crippen molar-refractivity contribution in [2.24, 2.45) is 0 Å². The van der Waals surface area contributed by atoms with Gasteiger partial charge in [-0.15, -0.1) is 0 Å². The largest absolute Gasteiger partial charge is 0.348 e. The first-order valence-electron chi connectivity index (χ1n) is 9.99. The van der Waals surface area contributed by atoms with Gasteiger partial charge >= 0.3 is 0 Å². The van der Waals surface area contributed by atoms with E-state index in [4.69, 9.17) is 0 Å². The highest BCUT2D eigenvalue weighted by Gasteiger charge is 2.11. The number of aryl methyl sites for hydroxylation is 1. The normalized spacial score (nSPS) is 10.9. The van der Waals surface area contributed by atoms with Gasteiger partial charge in [0.15, 0.2) is 0 Å². The number of nitrogens with one attached hydrogen (secondary N) is 1. The van der Waals surface area contributed by atoms with Crippen LogP contribution in [0.5, 0.6) is 0 Å². The lowest BCUT2D eigenvalue weighted by atomic mass is 9.97. The van der Waals surface area contributed by atoms with Crippen molar-refractivity contribution in [3.8, 4) is 11.1 Å². The summed E-state index contributed by atoms with van der Waals surface area (Å²) in [5.41, 5.74) is 5.64. The van der Waals surface area contributed by atoms with E-state index in [1.807, 2.05) is 68.6 Å². The van der Waals surface area contributed by atoms with Gasteiger partial charge in [0, 0.05) is 42.5 Å². The molecule has 0 aliphatic heterocycles. The summed E-state index contributed by atoms with van der Waals surface area (Å²) in [6, 6.07) is 17.5. The van der Waals surface area contributed by atoms with Crippen LogP contribution < -0.4 is 5.32 Å². The second-order valence-corrected chi connectivity index (χ2v) is 7.28. The van der Waals surface area contributed by atoms with E-state index in [9.17, 15) is 9.59 Å². The zero-order chi connectivity index (χ0) is 21.1. The third-order valence-electron chi connectivity index (χ3n) is 5.24. The van der Waals surface area contributed by atoms with Gasteiger partial charge in [0.25, 0.3) is 5.91 Å². The Morgan fingerprint density at radius 2 is 1.93 bits per heavy atom. The van der Waals surface area contributed by atoms with Crippen LogP contribution in [0.3, 0.4) is 0 Å². The smallest absolute Gasteiger partial charge is 0.251 e. The van der Waals surface area contributed by atoms with Crippen LogP contribution in [-0.4, -0.2) is 21.4 Å². The van der Waals surface area contributed by atoms with Crippen molar-refractivity contribution >= 4 is 22.7 Å². The van der Waals surface area contributed by atoms with Crippen molar-refractivity contribution in [1.82, 2.24) is 14.9 Å². The molecule has 0 saturated heterocycles. The van der Waals surface area contributed by atoms with Crippen molar-refractivity contribution in [1.29, 1.82) is 0 Å². The van der Waals surface area contributed by atoms with E-state index >= 15 is 0 Å². The van der Waals surface area contributed by atoms with Crippen molar-refractivity contribution < 1.29 is 9.59 Å². The van der Waals surface area contributed by atoms with Gasteiger partial charge < -0.3 is 5.32 Å². The van der Waals surface area contributed by atoms with Crippen LogP contribution in [0.4, 0.5) is 0 Å². The molecule has 0 unspecified atom stereocenters. The van der Waals surface area contributed by atoms with Crippen molar-refractivity contribution in [3.63, 3.8) is 0 Å². The van der Waals surface area contributed by atoms with Crippen LogP contribution in [0.1, 0.15) is 39.6 Å². The van der Waals surface area contributed by atoms with Gasteiger partial charge in [-0.05, 0) is 65.6 Å². The number of amides is 1. The number of fused-ring (bicyclic) bond motifs is 1. The fourth-order valence-electron chi connectivity index (χ4n) is 3.61. The van der Waals surface area contributed by atoms with Crippen molar-refractivity contribution in [2.45, 2.75) is 26.8 Å². The van der Waals surface area contributed by atoms with Crippen LogP contribution in [0.2, 0.25) is 0 Å². The number of carbonyl (C=O) groups excluding carboxylic acids is 2. The van der Waals surface area contributed by atoms with E-state index in [0.717, 1.165) is 33.2 Å². The number of carbonyl (C=O) groups is 2. The molecule has 150 valence electrons. The maximum Gasteiger partial charge on any atom is 0.251 e. The molecule has 2 aromatic carbocycles. The molecule has 30 heavy (non-hydrogen) atoms. The van der Waals surface area contributed by atoms with Gasteiger partial charge in [-0.2, -0.15) is 0 Å². The van der Waals surface area contributed by atoms with Crippen LogP contribution >= 0.6 is 0 Å². The molecule has 4 rings (SSSR count). The van der Waals surface area contributed by atoms with Crippen molar-refractivity contribution in [3.05, 3.63) is 89.9 Å². The van der Waals surface area contributed by atoms with Crippen LogP contribution in [0.15, 0.2) is 73.2 Å². The fourth-order valence-corrected chi connectivity index (χ4v) is 3.61. The maximum absolute atomic E-state index is 12.5. The quantitative estimate of drug-likeness (QED) is 0.516. The Morgan fingerprint density at radius 3 is 2.67 bits per heavy atom. The minimum atomic E-state index is -0.112. The number of aromatic nitrogens is 2. The number of hydrogen-bond donors (Lipinski definition) is 1.